The van der Waals surface area contributed by atoms with E-state index in [1.54, 1.807) is 7.11 Å². The first-order valence-electron chi connectivity index (χ1n) is 4.79. The molecule has 3 heteroatoms. The van der Waals surface area contributed by atoms with Gasteiger partial charge >= 0.3 is 0 Å². The lowest BCUT2D eigenvalue weighted by molar-refractivity contribution is 0.162. The van der Waals surface area contributed by atoms with Crippen molar-refractivity contribution < 1.29 is 4.74 Å². The second-order valence-electron chi connectivity index (χ2n) is 3.65. The van der Waals surface area contributed by atoms with Gasteiger partial charge in [0.1, 0.15) is 0 Å². The summed E-state index contributed by atoms with van der Waals surface area (Å²) < 4.78 is 6.31. The highest BCUT2D eigenvalue weighted by Crippen LogP contribution is 2.21. The van der Waals surface area contributed by atoms with Crippen LogP contribution in [0.2, 0.25) is 0 Å². The SMILES string of the molecule is COCC1Cc2cc(Br)ccc2CN1. The third-order valence-corrected chi connectivity index (χ3v) is 3.08. The van der Waals surface area contributed by atoms with Gasteiger partial charge in [-0.2, -0.15) is 0 Å². The van der Waals surface area contributed by atoms with Crippen LogP contribution in [-0.2, 0) is 17.7 Å². The molecule has 1 aliphatic rings. The lowest BCUT2D eigenvalue weighted by Crippen LogP contribution is -2.38. The van der Waals surface area contributed by atoms with Crippen molar-refractivity contribution in [2.45, 2.75) is 19.0 Å². The minimum atomic E-state index is 0.460. The average Bonchev–Trinajstić information content (AvgIpc) is 2.17. The standard InChI is InChI=1S/C11H14BrNO/c1-14-7-11-5-9-4-10(12)3-2-8(9)6-13-11/h2-4,11,13H,5-7H2,1H3. The molecule has 2 nitrogen and oxygen atoms in total. The minimum absolute atomic E-state index is 0.460. The van der Waals surface area contributed by atoms with Gasteiger partial charge < -0.3 is 10.1 Å². The zero-order valence-electron chi connectivity index (χ0n) is 8.22. The quantitative estimate of drug-likeness (QED) is 0.875. The van der Waals surface area contributed by atoms with Gasteiger partial charge in [0, 0.05) is 24.2 Å². The van der Waals surface area contributed by atoms with Gasteiger partial charge in [0.25, 0.3) is 0 Å². The number of fused-ring (bicyclic) bond motifs is 1. The summed E-state index contributed by atoms with van der Waals surface area (Å²) in [6.45, 7) is 1.74. The Balaban J connectivity index is 2.16. The maximum absolute atomic E-state index is 5.15. The summed E-state index contributed by atoms with van der Waals surface area (Å²) in [5, 5.41) is 3.46. The second kappa shape index (κ2) is 4.43. The molecule has 1 unspecified atom stereocenters. The van der Waals surface area contributed by atoms with Crippen molar-refractivity contribution in [2.24, 2.45) is 0 Å². The molecule has 1 aromatic rings. The smallest absolute Gasteiger partial charge is 0.0619 e. The van der Waals surface area contributed by atoms with Crippen molar-refractivity contribution in [3.63, 3.8) is 0 Å². The number of benzene rings is 1. The molecule has 0 bridgehead atoms. The summed E-state index contributed by atoms with van der Waals surface area (Å²) >= 11 is 3.50. The van der Waals surface area contributed by atoms with Crippen molar-refractivity contribution in [3.8, 4) is 0 Å². The molecule has 14 heavy (non-hydrogen) atoms. The number of hydrogen-bond acceptors (Lipinski definition) is 2. The van der Waals surface area contributed by atoms with Crippen molar-refractivity contribution in [2.75, 3.05) is 13.7 Å². The number of nitrogens with one attached hydrogen (secondary N) is 1. The zero-order chi connectivity index (χ0) is 9.97. The topological polar surface area (TPSA) is 21.3 Å². The molecule has 1 atom stereocenters. The number of ether oxygens (including phenoxy) is 1. The summed E-state index contributed by atoms with van der Waals surface area (Å²) in [6, 6.07) is 6.94. The van der Waals surface area contributed by atoms with Gasteiger partial charge in [0.05, 0.1) is 6.61 Å². The molecule has 0 saturated heterocycles. The normalized spacial score (nSPS) is 20.6. The third-order valence-electron chi connectivity index (χ3n) is 2.58. The molecular formula is C11H14BrNO. The van der Waals surface area contributed by atoms with Crippen LogP contribution in [-0.4, -0.2) is 19.8 Å². The fourth-order valence-corrected chi connectivity index (χ4v) is 2.28. The summed E-state index contributed by atoms with van der Waals surface area (Å²) in [4.78, 5) is 0. The Morgan fingerprint density at radius 1 is 1.50 bits per heavy atom. The van der Waals surface area contributed by atoms with Crippen LogP contribution in [0.3, 0.4) is 0 Å². The van der Waals surface area contributed by atoms with Gasteiger partial charge in [-0.3, -0.25) is 0 Å². The minimum Gasteiger partial charge on any atom is -0.383 e. The number of hydrogen-bond donors (Lipinski definition) is 1. The summed E-state index contributed by atoms with van der Waals surface area (Å²) in [7, 11) is 1.75. The molecule has 0 fully saturated rings. The molecule has 1 aliphatic heterocycles. The zero-order valence-corrected chi connectivity index (χ0v) is 9.80. The number of halogens is 1. The highest BCUT2D eigenvalue weighted by atomic mass is 79.9. The van der Waals surface area contributed by atoms with Crippen molar-refractivity contribution in [1.82, 2.24) is 5.32 Å². The molecule has 0 saturated carbocycles. The number of methoxy groups -OCH3 is 1. The molecule has 0 radical (unpaired) electrons. The van der Waals surface area contributed by atoms with Crippen LogP contribution in [0.4, 0.5) is 0 Å². The summed E-state index contributed by atoms with van der Waals surface area (Å²) in [5.74, 6) is 0. The highest BCUT2D eigenvalue weighted by molar-refractivity contribution is 9.10. The van der Waals surface area contributed by atoms with E-state index in [0.29, 0.717) is 6.04 Å². The average molecular weight is 256 g/mol. The Bertz CT molecular complexity index is 327. The van der Waals surface area contributed by atoms with E-state index < -0.39 is 0 Å². The van der Waals surface area contributed by atoms with Gasteiger partial charge in [0.15, 0.2) is 0 Å². The Morgan fingerprint density at radius 2 is 2.36 bits per heavy atom. The van der Waals surface area contributed by atoms with E-state index >= 15 is 0 Å². The van der Waals surface area contributed by atoms with Gasteiger partial charge in [-0.05, 0) is 29.7 Å². The fourth-order valence-electron chi connectivity index (χ4n) is 1.87. The lowest BCUT2D eigenvalue weighted by atomic mass is 9.96. The van der Waals surface area contributed by atoms with E-state index in [4.69, 9.17) is 4.74 Å². The van der Waals surface area contributed by atoms with Crippen LogP contribution in [0.1, 0.15) is 11.1 Å². The molecule has 76 valence electrons. The fraction of sp³-hybridized carbons (Fsp3) is 0.455. The first kappa shape index (κ1) is 10.1. The maximum Gasteiger partial charge on any atom is 0.0619 e. The molecule has 0 aromatic heterocycles. The third kappa shape index (κ3) is 2.16. The lowest BCUT2D eigenvalue weighted by Gasteiger charge is -2.25. The molecule has 0 aliphatic carbocycles. The van der Waals surface area contributed by atoms with Gasteiger partial charge in [-0.1, -0.05) is 22.0 Å². The van der Waals surface area contributed by atoms with Gasteiger partial charge in [-0.25, -0.2) is 0 Å². The predicted molar refractivity (Wildman–Crippen MR) is 60.3 cm³/mol. The molecule has 2 rings (SSSR count). The van der Waals surface area contributed by atoms with Crippen molar-refractivity contribution >= 4 is 15.9 Å². The molecular weight excluding hydrogens is 242 g/mol. The monoisotopic (exact) mass is 255 g/mol. The first-order valence-corrected chi connectivity index (χ1v) is 5.58. The Morgan fingerprint density at radius 3 is 3.14 bits per heavy atom. The van der Waals surface area contributed by atoms with Crippen LogP contribution >= 0.6 is 15.9 Å². The van der Waals surface area contributed by atoms with Gasteiger partial charge in [-0.15, -0.1) is 0 Å². The molecule has 1 N–H and O–H groups in total. The van der Waals surface area contributed by atoms with E-state index in [2.05, 4.69) is 39.4 Å². The van der Waals surface area contributed by atoms with Crippen LogP contribution in [0.25, 0.3) is 0 Å². The Hall–Kier alpha value is -0.380. The Kier molecular flexibility index (Phi) is 3.21. The van der Waals surface area contributed by atoms with Crippen molar-refractivity contribution in [3.05, 3.63) is 33.8 Å². The van der Waals surface area contributed by atoms with E-state index in [-0.39, 0.29) is 0 Å². The molecule has 0 amide bonds. The van der Waals surface area contributed by atoms with E-state index in [0.717, 1.165) is 24.0 Å². The summed E-state index contributed by atoms with van der Waals surface area (Å²) in [6.07, 6.45) is 1.06. The maximum atomic E-state index is 5.15. The van der Waals surface area contributed by atoms with Crippen LogP contribution in [0, 0.1) is 0 Å². The molecule has 1 aromatic carbocycles. The Labute approximate surface area is 92.8 Å². The van der Waals surface area contributed by atoms with Crippen molar-refractivity contribution in [1.29, 1.82) is 0 Å². The van der Waals surface area contributed by atoms with Crippen LogP contribution in [0.15, 0.2) is 22.7 Å². The predicted octanol–water partition coefficient (Wildman–Crippen LogP) is 2.11. The van der Waals surface area contributed by atoms with E-state index in [1.165, 1.54) is 11.1 Å². The van der Waals surface area contributed by atoms with Gasteiger partial charge in [0.2, 0.25) is 0 Å². The largest absolute Gasteiger partial charge is 0.383 e. The van der Waals surface area contributed by atoms with Crippen LogP contribution in [0.5, 0.6) is 0 Å². The second-order valence-corrected chi connectivity index (χ2v) is 4.57. The first-order chi connectivity index (χ1) is 6.79. The molecule has 1 heterocycles. The van der Waals surface area contributed by atoms with Crippen LogP contribution < -0.4 is 5.32 Å². The summed E-state index contributed by atoms with van der Waals surface area (Å²) in [5.41, 5.74) is 2.83. The number of rotatable bonds is 2. The van der Waals surface area contributed by atoms with E-state index in [9.17, 15) is 0 Å². The van der Waals surface area contributed by atoms with E-state index in [1.807, 2.05) is 0 Å². The highest BCUT2D eigenvalue weighted by Gasteiger charge is 2.17. The molecule has 0 spiro atoms.